The molecule has 0 aliphatic heterocycles. The Morgan fingerprint density at radius 2 is 1.61 bits per heavy atom. The fraction of sp³-hybridized carbons (Fsp3) is 0.0769. The molecular weight excluding hydrogens is 271 g/mol. The Kier molecular flexibility index (Phi) is 2.73. The van der Waals surface area contributed by atoms with E-state index < -0.39 is 0 Å². The molecule has 0 bridgehead atoms. The summed E-state index contributed by atoms with van der Waals surface area (Å²) >= 11 is 12.0. The van der Waals surface area contributed by atoms with Crippen LogP contribution in [-0.4, -0.2) is 17.1 Å². The van der Waals surface area contributed by atoms with Crippen molar-refractivity contribution in [2.45, 2.75) is 0 Å². The molecule has 0 saturated heterocycles. The van der Waals surface area contributed by atoms with Crippen LogP contribution >= 0.6 is 23.2 Å². The molecule has 0 amide bonds. The first kappa shape index (κ1) is 11.5. The van der Waals surface area contributed by atoms with E-state index in [2.05, 4.69) is 9.97 Å². The monoisotopic (exact) mass is 278 g/mol. The SMILES string of the molecule is COc1cccc2nc3cc(Cl)c(Cl)cc3nc12. The third-order valence-electron chi connectivity index (χ3n) is 2.69. The molecule has 90 valence electrons. The molecule has 0 N–H and O–H groups in total. The number of para-hydroxylation sites is 1. The Morgan fingerprint density at radius 1 is 0.944 bits per heavy atom. The molecule has 0 aliphatic rings. The minimum atomic E-state index is 0.465. The normalized spacial score (nSPS) is 11.1. The highest BCUT2D eigenvalue weighted by molar-refractivity contribution is 6.42. The summed E-state index contributed by atoms with van der Waals surface area (Å²) in [7, 11) is 1.61. The third-order valence-corrected chi connectivity index (χ3v) is 3.41. The lowest BCUT2D eigenvalue weighted by atomic mass is 10.2. The second-order valence-electron chi connectivity index (χ2n) is 3.81. The van der Waals surface area contributed by atoms with Crippen LogP contribution in [0.25, 0.3) is 22.1 Å². The van der Waals surface area contributed by atoms with E-state index in [0.29, 0.717) is 32.3 Å². The lowest BCUT2D eigenvalue weighted by molar-refractivity contribution is 0.419. The van der Waals surface area contributed by atoms with Gasteiger partial charge in [-0.3, -0.25) is 0 Å². The summed E-state index contributed by atoms with van der Waals surface area (Å²) in [6.07, 6.45) is 0. The molecule has 2 aromatic carbocycles. The molecule has 3 aromatic rings. The zero-order valence-electron chi connectivity index (χ0n) is 9.45. The van der Waals surface area contributed by atoms with Crippen LogP contribution in [0.15, 0.2) is 30.3 Å². The topological polar surface area (TPSA) is 35.0 Å². The molecule has 18 heavy (non-hydrogen) atoms. The number of halogens is 2. The molecule has 0 atom stereocenters. The van der Waals surface area contributed by atoms with Crippen LogP contribution in [0.1, 0.15) is 0 Å². The number of nitrogens with zero attached hydrogens (tertiary/aromatic N) is 2. The summed E-state index contributed by atoms with van der Waals surface area (Å²) in [6, 6.07) is 9.02. The maximum atomic E-state index is 5.98. The first-order valence-corrected chi connectivity index (χ1v) is 6.04. The van der Waals surface area contributed by atoms with Gasteiger partial charge in [0.05, 0.1) is 33.7 Å². The molecule has 0 unspecified atom stereocenters. The van der Waals surface area contributed by atoms with E-state index in [9.17, 15) is 0 Å². The molecule has 0 radical (unpaired) electrons. The summed E-state index contributed by atoms with van der Waals surface area (Å²) in [5.41, 5.74) is 2.89. The zero-order valence-corrected chi connectivity index (χ0v) is 11.0. The predicted molar refractivity (Wildman–Crippen MR) is 73.6 cm³/mol. The number of aromatic nitrogens is 2. The van der Waals surface area contributed by atoms with E-state index in [1.165, 1.54) is 0 Å². The van der Waals surface area contributed by atoms with Gasteiger partial charge < -0.3 is 4.74 Å². The van der Waals surface area contributed by atoms with Gasteiger partial charge in [-0.2, -0.15) is 0 Å². The molecule has 3 nitrogen and oxygen atoms in total. The highest BCUT2D eigenvalue weighted by Gasteiger charge is 2.08. The molecular formula is C13H8Cl2N2O. The number of fused-ring (bicyclic) bond motifs is 2. The fourth-order valence-electron chi connectivity index (χ4n) is 1.83. The van der Waals surface area contributed by atoms with Gasteiger partial charge in [0.1, 0.15) is 11.3 Å². The average molecular weight is 279 g/mol. The highest BCUT2D eigenvalue weighted by Crippen LogP contribution is 2.29. The van der Waals surface area contributed by atoms with Gasteiger partial charge in [-0.1, -0.05) is 29.3 Å². The number of hydrogen-bond donors (Lipinski definition) is 0. The maximum absolute atomic E-state index is 5.98. The number of rotatable bonds is 1. The van der Waals surface area contributed by atoms with Crippen molar-refractivity contribution in [1.29, 1.82) is 0 Å². The Labute approximate surface area is 113 Å². The van der Waals surface area contributed by atoms with E-state index in [0.717, 1.165) is 5.52 Å². The van der Waals surface area contributed by atoms with E-state index in [4.69, 9.17) is 27.9 Å². The van der Waals surface area contributed by atoms with E-state index >= 15 is 0 Å². The van der Waals surface area contributed by atoms with Crippen molar-refractivity contribution in [2.24, 2.45) is 0 Å². The van der Waals surface area contributed by atoms with Crippen molar-refractivity contribution in [2.75, 3.05) is 7.11 Å². The van der Waals surface area contributed by atoms with Crippen molar-refractivity contribution in [3.05, 3.63) is 40.4 Å². The van der Waals surface area contributed by atoms with Gasteiger partial charge in [-0.25, -0.2) is 9.97 Å². The second-order valence-corrected chi connectivity index (χ2v) is 4.62. The van der Waals surface area contributed by atoms with Crippen LogP contribution in [-0.2, 0) is 0 Å². The molecule has 0 aliphatic carbocycles. The molecule has 0 spiro atoms. The predicted octanol–water partition coefficient (Wildman–Crippen LogP) is 4.10. The van der Waals surface area contributed by atoms with Crippen LogP contribution < -0.4 is 4.74 Å². The number of methoxy groups -OCH3 is 1. The summed E-state index contributed by atoms with van der Waals surface area (Å²) in [5.74, 6) is 0.688. The smallest absolute Gasteiger partial charge is 0.146 e. The standard InChI is InChI=1S/C13H8Cl2N2O/c1-18-12-4-2-3-9-13(12)17-11-6-8(15)7(14)5-10(11)16-9/h2-6H,1H3. The lowest BCUT2D eigenvalue weighted by Gasteiger charge is -2.06. The Hall–Kier alpha value is -1.58. The van der Waals surface area contributed by atoms with Crippen molar-refractivity contribution in [3.8, 4) is 5.75 Å². The van der Waals surface area contributed by atoms with Crippen LogP contribution in [0.2, 0.25) is 10.0 Å². The van der Waals surface area contributed by atoms with Gasteiger partial charge in [-0.05, 0) is 24.3 Å². The highest BCUT2D eigenvalue weighted by atomic mass is 35.5. The number of hydrogen-bond acceptors (Lipinski definition) is 3. The number of ether oxygens (including phenoxy) is 1. The molecule has 0 saturated carbocycles. The lowest BCUT2D eigenvalue weighted by Crippen LogP contribution is -1.91. The van der Waals surface area contributed by atoms with Crippen molar-refractivity contribution in [1.82, 2.24) is 9.97 Å². The quantitative estimate of drug-likeness (QED) is 0.629. The van der Waals surface area contributed by atoms with Crippen molar-refractivity contribution >= 4 is 45.3 Å². The van der Waals surface area contributed by atoms with Gasteiger partial charge in [0.15, 0.2) is 0 Å². The van der Waals surface area contributed by atoms with Gasteiger partial charge in [0.2, 0.25) is 0 Å². The molecule has 1 aromatic heterocycles. The Morgan fingerprint density at radius 3 is 2.28 bits per heavy atom. The Balaban J connectivity index is 2.43. The van der Waals surface area contributed by atoms with Crippen LogP contribution in [0.3, 0.4) is 0 Å². The first-order valence-electron chi connectivity index (χ1n) is 5.28. The minimum absolute atomic E-state index is 0.465. The van der Waals surface area contributed by atoms with Gasteiger partial charge in [0, 0.05) is 0 Å². The summed E-state index contributed by atoms with van der Waals surface area (Å²) in [5, 5.41) is 0.938. The minimum Gasteiger partial charge on any atom is -0.494 e. The number of benzene rings is 2. The second kappa shape index (κ2) is 4.26. The van der Waals surface area contributed by atoms with Crippen LogP contribution in [0, 0.1) is 0 Å². The summed E-state index contributed by atoms with van der Waals surface area (Å²) < 4.78 is 5.27. The van der Waals surface area contributed by atoms with E-state index in [1.807, 2.05) is 18.2 Å². The van der Waals surface area contributed by atoms with Crippen molar-refractivity contribution in [3.63, 3.8) is 0 Å². The molecule has 3 rings (SSSR count). The Bertz CT molecular complexity index is 759. The summed E-state index contributed by atoms with van der Waals surface area (Å²) in [6.45, 7) is 0. The molecule has 0 fully saturated rings. The maximum Gasteiger partial charge on any atom is 0.146 e. The average Bonchev–Trinajstić information content (AvgIpc) is 2.37. The zero-order chi connectivity index (χ0) is 12.7. The van der Waals surface area contributed by atoms with Gasteiger partial charge >= 0.3 is 0 Å². The first-order chi connectivity index (χ1) is 8.69. The third kappa shape index (κ3) is 1.76. The fourth-order valence-corrected chi connectivity index (χ4v) is 2.15. The van der Waals surface area contributed by atoms with Crippen molar-refractivity contribution < 1.29 is 4.74 Å². The molecule has 5 heteroatoms. The van der Waals surface area contributed by atoms with Crippen LogP contribution in [0.4, 0.5) is 0 Å². The summed E-state index contributed by atoms with van der Waals surface area (Å²) in [4.78, 5) is 9.02. The largest absolute Gasteiger partial charge is 0.494 e. The van der Waals surface area contributed by atoms with E-state index in [-0.39, 0.29) is 0 Å². The van der Waals surface area contributed by atoms with E-state index in [1.54, 1.807) is 19.2 Å². The van der Waals surface area contributed by atoms with Crippen LogP contribution in [0.5, 0.6) is 5.75 Å². The van der Waals surface area contributed by atoms with Gasteiger partial charge in [0.25, 0.3) is 0 Å². The van der Waals surface area contributed by atoms with Gasteiger partial charge in [-0.15, -0.1) is 0 Å². The molecule has 1 heterocycles.